The zero-order valence-electron chi connectivity index (χ0n) is 18.0. The van der Waals surface area contributed by atoms with Crippen LogP contribution in [0.2, 0.25) is 0 Å². The summed E-state index contributed by atoms with van der Waals surface area (Å²) in [6.07, 6.45) is 2.31. The molecule has 0 bridgehead atoms. The molecule has 5 nitrogen and oxygen atoms in total. The van der Waals surface area contributed by atoms with E-state index in [1.165, 1.54) is 11.4 Å². The molecule has 0 aromatic heterocycles. The van der Waals surface area contributed by atoms with Crippen molar-refractivity contribution in [3.05, 3.63) is 113 Å². The van der Waals surface area contributed by atoms with Crippen LogP contribution in [0.5, 0.6) is 0 Å². The average Bonchev–Trinajstić information content (AvgIpc) is 3.26. The van der Waals surface area contributed by atoms with Crippen LogP contribution in [0.15, 0.2) is 102 Å². The van der Waals surface area contributed by atoms with Gasteiger partial charge in [0.25, 0.3) is 10.0 Å². The maximum atomic E-state index is 13.9. The van der Waals surface area contributed by atoms with E-state index in [0.29, 0.717) is 17.7 Å². The first-order chi connectivity index (χ1) is 15.4. The Morgan fingerprint density at radius 2 is 1.53 bits per heavy atom. The maximum Gasteiger partial charge on any atom is 0.319 e. The second-order valence-electron chi connectivity index (χ2n) is 7.77. The van der Waals surface area contributed by atoms with Crippen LogP contribution in [0.25, 0.3) is 0 Å². The molecule has 0 unspecified atom stereocenters. The Hall–Kier alpha value is -3.38. The summed E-state index contributed by atoms with van der Waals surface area (Å²) in [7, 11) is -2.62. The van der Waals surface area contributed by atoms with Crippen molar-refractivity contribution in [1.29, 1.82) is 0 Å². The van der Waals surface area contributed by atoms with Crippen LogP contribution >= 0.6 is 0 Å². The van der Waals surface area contributed by atoms with Crippen LogP contribution in [-0.2, 0) is 19.6 Å². The Balaban J connectivity index is 1.87. The Morgan fingerprint density at radius 1 is 0.938 bits per heavy atom. The largest absolute Gasteiger partial charge is 0.468 e. The summed E-state index contributed by atoms with van der Waals surface area (Å²) in [6.45, 7) is 1.91. The van der Waals surface area contributed by atoms with Gasteiger partial charge >= 0.3 is 5.97 Å². The number of carbonyl (C=O) groups is 1. The van der Waals surface area contributed by atoms with E-state index in [-0.39, 0.29) is 4.90 Å². The molecule has 2 atom stereocenters. The highest BCUT2D eigenvalue weighted by atomic mass is 32.2. The first-order valence-electron chi connectivity index (χ1n) is 10.4. The maximum absolute atomic E-state index is 13.9. The Bertz CT molecular complexity index is 1220. The first-order valence-corrected chi connectivity index (χ1v) is 11.9. The van der Waals surface area contributed by atoms with Gasteiger partial charge in [0, 0.05) is 5.70 Å². The van der Waals surface area contributed by atoms with E-state index < -0.39 is 28.0 Å². The number of methoxy groups -OCH3 is 1. The van der Waals surface area contributed by atoms with Crippen molar-refractivity contribution >= 4 is 16.0 Å². The molecular weight excluding hydrogens is 422 g/mol. The minimum absolute atomic E-state index is 0.188. The highest BCUT2D eigenvalue weighted by Gasteiger charge is 2.43. The normalized spacial score (nSPS) is 17.0. The minimum Gasteiger partial charge on any atom is -0.468 e. The van der Waals surface area contributed by atoms with E-state index in [1.54, 1.807) is 24.3 Å². The quantitative estimate of drug-likeness (QED) is 0.501. The van der Waals surface area contributed by atoms with Crippen LogP contribution in [0.1, 0.15) is 35.1 Å². The third-order valence-corrected chi connectivity index (χ3v) is 7.57. The molecule has 0 fully saturated rings. The zero-order valence-corrected chi connectivity index (χ0v) is 18.8. The molecule has 1 aliphatic heterocycles. The van der Waals surface area contributed by atoms with Gasteiger partial charge in [0.1, 0.15) is 5.92 Å². The van der Waals surface area contributed by atoms with Crippen LogP contribution in [0, 0.1) is 6.92 Å². The van der Waals surface area contributed by atoms with E-state index in [2.05, 4.69) is 0 Å². The van der Waals surface area contributed by atoms with Crippen molar-refractivity contribution in [2.75, 3.05) is 7.11 Å². The molecule has 0 spiro atoms. The van der Waals surface area contributed by atoms with Crippen LogP contribution in [0.4, 0.5) is 0 Å². The van der Waals surface area contributed by atoms with Gasteiger partial charge in [0.15, 0.2) is 0 Å². The van der Waals surface area contributed by atoms with Gasteiger partial charge in [-0.1, -0.05) is 84.4 Å². The number of carbonyl (C=O) groups excluding carboxylic acids is 1. The smallest absolute Gasteiger partial charge is 0.319 e. The predicted molar refractivity (Wildman–Crippen MR) is 123 cm³/mol. The molecular formula is C26H25NO4S. The standard InChI is InChI=1S/C26H25NO4S/c1-19-13-15-22(16-14-19)32(29,30)27-23(20-9-5-3-6-10-20)17-18-24(27)25(26(28)31-2)21-11-7-4-8-12-21/h3-16,18,23,25H,17H2,1-2H3/t23-,25-/m0/s1. The number of aryl methyl sites for hydroxylation is 1. The molecule has 0 radical (unpaired) electrons. The van der Waals surface area contributed by atoms with Gasteiger partial charge in [0.2, 0.25) is 0 Å². The summed E-state index contributed by atoms with van der Waals surface area (Å²) in [4.78, 5) is 13.1. The number of rotatable bonds is 6. The molecule has 0 amide bonds. The van der Waals surface area contributed by atoms with E-state index >= 15 is 0 Å². The molecule has 32 heavy (non-hydrogen) atoms. The SMILES string of the molecule is COC(=O)[C@H](C1=CC[C@@H](c2ccccc2)N1S(=O)(=O)c1ccc(C)cc1)c1ccccc1. The van der Waals surface area contributed by atoms with Gasteiger partial charge < -0.3 is 4.74 Å². The molecule has 4 rings (SSSR count). The van der Waals surface area contributed by atoms with E-state index in [9.17, 15) is 13.2 Å². The van der Waals surface area contributed by atoms with Crippen LogP contribution in [-0.4, -0.2) is 25.8 Å². The molecule has 3 aromatic carbocycles. The fraction of sp³-hybridized carbons (Fsp3) is 0.192. The number of hydrogen-bond acceptors (Lipinski definition) is 4. The number of nitrogens with zero attached hydrogens (tertiary/aromatic N) is 1. The molecule has 1 heterocycles. The molecule has 0 saturated carbocycles. The van der Waals surface area contributed by atoms with Gasteiger partial charge in [0.05, 0.1) is 18.0 Å². The lowest BCUT2D eigenvalue weighted by molar-refractivity contribution is -0.141. The molecule has 1 aliphatic rings. The third kappa shape index (κ3) is 4.06. The van der Waals surface area contributed by atoms with Gasteiger partial charge in [-0.2, -0.15) is 0 Å². The molecule has 0 aliphatic carbocycles. The lowest BCUT2D eigenvalue weighted by atomic mass is 9.96. The molecule has 164 valence electrons. The Labute approximate surface area is 189 Å². The molecule has 3 aromatic rings. The van der Waals surface area contributed by atoms with Crippen LogP contribution < -0.4 is 0 Å². The summed E-state index contributed by atoms with van der Waals surface area (Å²) in [5, 5.41) is 0. The lowest BCUT2D eigenvalue weighted by Gasteiger charge is -2.32. The second-order valence-corrected chi connectivity index (χ2v) is 9.59. The average molecular weight is 448 g/mol. The van der Waals surface area contributed by atoms with Crippen molar-refractivity contribution in [2.24, 2.45) is 0 Å². The summed E-state index contributed by atoms with van der Waals surface area (Å²) in [5.41, 5.74) is 2.93. The van der Waals surface area contributed by atoms with Crippen molar-refractivity contribution in [3.63, 3.8) is 0 Å². The zero-order chi connectivity index (χ0) is 22.7. The second kappa shape index (κ2) is 9.01. The van der Waals surface area contributed by atoms with Crippen LogP contribution in [0.3, 0.4) is 0 Å². The number of benzene rings is 3. The van der Waals surface area contributed by atoms with Crippen molar-refractivity contribution in [1.82, 2.24) is 4.31 Å². The van der Waals surface area contributed by atoms with Gasteiger partial charge in [-0.15, -0.1) is 0 Å². The molecule has 0 N–H and O–H groups in total. The predicted octanol–water partition coefficient (Wildman–Crippen LogP) is 4.97. The summed E-state index contributed by atoms with van der Waals surface area (Å²) < 4.78 is 34.3. The minimum atomic E-state index is -3.94. The summed E-state index contributed by atoms with van der Waals surface area (Å²) in [6, 6.07) is 25.0. The monoisotopic (exact) mass is 447 g/mol. The number of sulfonamides is 1. The number of hydrogen-bond donors (Lipinski definition) is 0. The van der Waals surface area contributed by atoms with Crippen molar-refractivity contribution in [2.45, 2.75) is 30.2 Å². The fourth-order valence-electron chi connectivity index (χ4n) is 4.11. The van der Waals surface area contributed by atoms with E-state index in [0.717, 1.165) is 11.1 Å². The summed E-state index contributed by atoms with van der Waals surface area (Å²) in [5.74, 6) is -1.35. The van der Waals surface area contributed by atoms with Gasteiger partial charge in [-0.25, -0.2) is 8.42 Å². The Morgan fingerprint density at radius 3 is 2.12 bits per heavy atom. The third-order valence-electron chi connectivity index (χ3n) is 5.72. The number of esters is 1. The van der Waals surface area contributed by atoms with Gasteiger partial charge in [-0.05, 0) is 36.6 Å². The lowest BCUT2D eigenvalue weighted by Crippen LogP contribution is -2.35. The topological polar surface area (TPSA) is 63.7 Å². The summed E-state index contributed by atoms with van der Waals surface area (Å²) >= 11 is 0. The highest BCUT2D eigenvalue weighted by Crippen LogP contribution is 2.44. The fourth-order valence-corrected chi connectivity index (χ4v) is 5.82. The molecule has 6 heteroatoms. The first kappa shape index (κ1) is 21.8. The highest BCUT2D eigenvalue weighted by molar-refractivity contribution is 7.89. The Kier molecular flexibility index (Phi) is 6.15. The molecule has 0 saturated heterocycles. The van der Waals surface area contributed by atoms with Crippen molar-refractivity contribution in [3.8, 4) is 0 Å². The number of ether oxygens (including phenoxy) is 1. The van der Waals surface area contributed by atoms with Crippen molar-refractivity contribution < 1.29 is 17.9 Å². The van der Waals surface area contributed by atoms with E-state index in [4.69, 9.17) is 4.74 Å². The van der Waals surface area contributed by atoms with E-state index in [1.807, 2.05) is 73.7 Å². The van der Waals surface area contributed by atoms with Gasteiger partial charge in [-0.3, -0.25) is 9.10 Å².